The van der Waals surface area contributed by atoms with E-state index >= 15 is 0 Å². The molecule has 2 saturated heterocycles. The number of likely N-dealkylation sites (N-methyl/N-ethyl adjacent to an activating group) is 1. The molecule has 1 aromatic rings. The van der Waals surface area contributed by atoms with Crippen LogP contribution in [0.4, 0.5) is 11.4 Å². The van der Waals surface area contributed by atoms with Crippen molar-refractivity contribution in [1.29, 1.82) is 0 Å². The Balaban J connectivity index is 1.61. The number of carbonyl (C=O) groups is 1. The zero-order chi connectivity index (χ0) is 20.1. The summed E-state index contributed by atoms with van der Waals surface area (Å²) in [7, 11) is -1.24. The van der Waals surface area contributed by atoms with Crippen molar-refractivity contribution in [3.8, 4) is 0 Å². The molecule has 8 heteroatoms. The fourth-order valence-electron chi connectivity index (χ4n) is 3.82. The summed E-state index contributed by atoms with van der Waals surface area (Å²) >= 11 is 0. The van der Waals surface area contributed by atoms with Crippen molar-refractivity contribution in [3.05, 3.63) is 24.3 Å². The van der Waals surface area contributed by atoms with Crippen LogP contribution in [-0.4, -0.2) is 75.1 Å². The molecule has 3 rings (SSSR count). The molecular weight excluding hydrogens is 376 g/mol. The highest BCUT2D eigenvalue weighted by Crippen LogP contribution is 2.24. The fraction of sp³-hybridized carbons (Fsp3) is 0.650. The van der Waals surface area contributed by atoms with Crippen molar-refractivity contribution in [2.45, 2.75) is 38.6 Å². The Kier molecular flexibility index (Phi) is 6.95. The minimum atomic E-state index is -3.37. The van der Waals surface area contributed by atoms with Gasteiger partial charge in [-0.05, 0) is 50.6 Å². The zero-order valence-corrected chi connectivity index (χ0v) is 17.7. The van der Waals surface area contributed by atoms with Crippen LogP contribution in [-0.2, 0) is 14.8 Å². The Hall–Kier alpha value is -1.64. The molecule has 0 bridgehead atoms. The molecule has 1 N–H and O–H groups in total. The molecular formula is C20H32N4O3S. The van der Waals surface area contributed by atoms with Crippen LogP contribution in [0.15, 0.2) is 24.3 Å². The van der Waals surface area contributed by atoms with E-state index in [1.807, 2.05) is 31.2 Å². The van der Waals surface area contributed by atoms with Gasteiger partial charge in [0, 0.05) is 44.1 Å². The monoisotopic (exact) mass is 408 g/mol. The van der Waals surface area contributed by atoms with Crippen molar-refractivity contribution < 1.29 is 13.2 Å². The van der Waals surface area contributed by atoms with Gasteiger partial charge in [-0.1, -0.05) is 13.3 Å². The van der Waals surface area contributed by atoms with Crippen molar-refractivity contribution in [1.82, 2.24) is 9.21 Å². The Labute approximate surface area is 168 Å². The first-order valence-corrected chi connectivity index (χ1v) is 11.9. The number of nitrogens with zero attached hydrogens (tertiary/aromatic N) is 3. The number of hydrogen-bond donors (Lipinski definition) is 1. The van der Waals surface area contributed by atoms with Gasteiger partial charge in [-0.3, -0.25) is 4.79 Å². The van der Waals surface area contributed by atoms with Crippen LogP contribution < -0.4 is 10.2 Å². The number of carbonyl (C=O) groups excluding carboxylic acids is 1. The van der Waals surface area contributed by atoms with Gasteiger partial charge < -0.3 is 15.1 Å². The normalized spacial score (nSPS) is 21.8. The zero-order valence-electron chi connectivity index (χ0n) is 16.9. The van der Waals surface area contributed by atoms with E-state index in [1.165, 1.54) is 4.31 Å². The summed E-state index contributed by atoms with van der Waals surface area (Å²) in [5.41, 5.74) is 1.86. The number of anilines is 2. The molecule has 0 radical (unpaired) electrons. The van der Waals surface area contributed by atoms with Crippen molar-refractivity contribution >= 4 is 27.3 Å². The SMILES string of the molecule is CCCCS(=O)(=O)N1CCCC1C(=O)Nc1ccc(N2CCN(C)CC2)cc1. The van der Waals surface area contributed by atoms with Crippen LogP contribution in [0, 0.1) is 0 Å². The van der Waals surface area contributed by atoms with Crippen LogP contribution in [0.5, 0.6) is 0 Å². The molecule has 0 spiro atoms. The average molecular weight is 409 g/mol. The molecule has 156 valence electrons. The maximum absolute atomic E-state index is 12.7. The van der Waals surface area contributed by atoms with Crippen molar-refractivity contribution in [2.75, 3.05) is 55.7 Å². The van der Waals surface area contributed by atoms with E-state index in [0.29, 0.717) is 25.1 Å². The summed E-state index contributed by atoms with van der Waals surface area (Å²) < 4.78 is 26.5. The van der Waals surface area contributed by atoms with E-state index in [1.54, 1.807) is 0 Å². The first-order valence-electron chi connectivity index (χ1n) is 10.2. The smallest absolute Gasteiger partial charge is 0.242 e. The van der Waals surface area contributed by atoms with Gasteiger partial charge in [-0.15, -0.1) is 0 Å². The average Bonchev–Trinajstić information content (AvgIpc) is 3.19. The molecule has 1 unspecified atom stereocenters. The third-order valence-electron chi connectivity index (χ3n) is 5.62. The lowest BCUT2D eigenvalue weighted by molar-refractivity contribution is -0.119. The molecule has 0 saturated carbocycles. The largest absolute Gasteiger partial charge is 0.369 e. The molecule has 0 aliphatic carbocycles. The van der Waals surface area contributed by atoms with Crippen LogP contribution in [0.3, 0.4) is 0 Å². The van der Waals surface area contributed by atoms with E-state index in [0.717, 1.165) is 44.7 Å². The Morgan fingerprint density at radius 3 is 2.43 bits per heavy atom. The summed E-state index contributed by atoms with van der Waals surface area (Å²) in [6.45, 7) is 6.48. The van der Waals surface area contributed by atoms with Crippen LogP contribution in [0.1, 0.15) is 32.6 Å². The Morgan fingerprint density at radius 1 is 1.11 bits per heavy atom. The molecule has 28 heavy (non-hydrogen) atoms. The predicted molar refractivity (Wildman–Crippen MR) is 113 cm³/mol. The minimum absolute atomic E-state index is 0.118. The van der Waals surface area contributed by atoms with Gasteiger partial charge in [0.1, 0.15) is 6.04 Å². The van der Waals surface area contributed by atoms with Gasteiger partial charge in [0.15, 0.2) is 0 Å². The number of nitrogens with one attached hydrogen (secondary N) is 1. The third-order valence-corrected chi connectivity index (χ3v) is 7.58. The van der Waals surface area contributed by atoms with Gasteiger partial charge >= 0.3 is 0 Å². The second-order valence-corrected chi connectivity index (χ2v) is 9.81. The summed E-state index contributed by atoms with van der Waals surface area (Å²) in [5, 5.41) is 2.91. The molecule has 2 heterocycles. The maximum atomic E-state index is 12.7. The fourth-order valence-corrected chi connectivity index (χ4v) is 5.71. The molecule has 0 aromatic heterocycles. The number of unbranched alkanes of at least 4 members (excludes halogenated alkanes) is 1. The molecule has 1 aromatic carbocycles. The highest BCUT2D eigenvalue weighted by molar-refractivity contribution is 7.89. The number of amides is 1. The molecule has 2 fully saturated rings. The van der Waals surface area contributed by atoms with Gasteiger partial charge in [0.2, 0.25) is 15.9 Å². The van der Waals surface area contributed by atoms with E-state index in [2.05, 4.69) is 22.2 Å². The van der Waals surface area contributed by atoms with Crippen LogP contribution in [0.25, 0.3) is 0 Å². The summed E-state index contributed by atoms with van der Waals surface area (Å²) in [6, 6.07) is 7.24. The number of rotatable bonds is 7. The van der Waals surface area contributed by atoms with Crippen LogP contribution >= 0.6 is 0 Å². The van der Waals surface area contributed by atoms with Gasteiger partial charge in [0.05, 0.1) is 5.75 Å². The quantitative estimate of drug-likeness (QED) is 0.747. The molecule has 2 aliphatic heterocycles. The molecule has 7 nitrogen and oxygen atoms in total. The summed E-state index contributed by atoms with van der Waals surface area (Å²) in [4.78, 5) is 17.4. The minimum Gasteiger partial charge on any atom is -0.369 e. The summed E-state index contributed by atoms with van der Waals surface area (Å²) in [5.74, 6) is -0.113. The molecule has 1 atom stereocenters. The van der Waals surface area contributed by atoms with Gasteiger partial charge in [-0.25, -0.2) is 8.42 Å². The number of piperazine rings is 1. The Morgan fingerprint density at radius 2 is 1.79 bits per heavy atom. The van der Waals surface area contributed by atoms with Crippen molar-refractivity contribution in [2.24, 2.45) is 0 Å². The highest BCUT2D eigenvalue weighted by atomic mass is 32.2. The number of hydrogen-bond acceptors (Lipinski definition) is 5. The van der Waals surface area contributed by atoms with E-state index in [-0.39, 0.29) is 11.7 Å². The molecule has 2 aliphatic rings. The summed E-state index contributed by atoms with van der Waals surface area (Å²) in [6.07, 6.45) is 2.76. The maximum Gasteiger partial charge on any atom is 0.242 e. The first-order chi connectivity index (χ1) is 13.4. The lowest BCUT2D eigenvalue weighted by atomic mass is 10.2. The second-order valence-electron chi connectivity index (χ2n) is 7.76. The number of benzene rings is 1. The third kappa shape index (κ3) is 5.04. The van der Waals surface area contributed by atoms with Gasteiger partial charge in [-0.2, -0.15) is 4.31 Å². The Bertz CT molecular complexity index is 758. The predicted octanol–water partition coefficient (Wildman–Crippen LogP) is 1.97. The number of sulfonamides is 1. The highest BCUT2D eigenvalue weighted by Gasteiger charge is 2.38. The van der Waals surface area contributed by atoms with Crippen LogP contribution in [0.2, 0.25) is 0 Å². The molecule has 1 amide bonds. The van der Waals surface area contributed by atoms with E-state index < -0.39 is 16.1 Å². The van der Waals surface area contributed by atoms with Gasteiger partial charge in [0.25, 0.3) is 0 Å². The topological polar surface area (TPSA) is 73.0 Å². The lowest BCUT2D eigenvalue weighted by Crippen LogP contribution is -2.44. The lowest BCUT2D eigenvalue weighted by Gasteiger charge is -2.34. The first kappa shape index (κ1) is 21.1. The second kappa shape index (κ2) is 9.24. The standard InChI is InChI=1S/C20H32N4O3S/c1-3-4-16-28(26,27)24-11-5-6-19(24)20(25)21-17-7-9-18(10-8-17)23-14-12-22(2)13-15-23/h7-10,19H,3-6,11-16H2,1-2H3,(H,21,25). The van der Waals surface area contributed by atoms with Crippen molar-refractivity contribution in [3.63, 3.8) is 0 Å². The van der Waals surface area contributed by atoms with E-state index in [4.69, 9.17) is 0 Å². The van der Waals surface area contributed by atoms with E-state index in [9.17, 15) is 13.2 Å².